The lowest BCUT2D eigenvalue weighted by molar-refractivity contribution is 0.101. The summed E-state index contributed by atoms with van der Waals surface area (Å²) in [5.41, 5.74) is 0.279. The lowest BCUT2D eigenvalue weighted by Gasteiger charge is -2.36. The zero-order valence-corrected chi connectivity index (χ0v) is 13.5. The number of pyridine rings is 1. The van der Waals surface area contributed by atoms with Crippen molar-refractivity contribution >= 4 is 14.1 Å². The molecule has 0 bridgehead atoms. The zero-order chi connectivity index (χ0) is 14.8. The molecule has 0 aromatic carbocycles. The molecule has 1 aromatic heterocycles. The fraction of sp³-hybridized carbons (Fsp3) is 0.571. The Labute approximate surface area is 115 Å². The Balaban J connectivity index is 2.91. The molecule has 1 rings (SSSR count). The van der Waals surface area contributed by atoms with E-state index in [9.17, 15) is 9.18 Å². The Bertz CT molecular complexity index is 481. The molecule has 0 saturated heterocycles. The van der Waals surface area contributed by atoms with Gasteiger partial charge in [0.15, 0.2) is 19.9 Å². The summed E-state index contributed by atoms with van der Waals surface area (Å²) in [6.45, 7) is 12.0. The van der Waals surface area contributed by atoms with Crippen molar-refractivity contribution in [1.82, 2.24) is 4.98 Å². The predicted molar refractivity (Wildman–Crippen MR) is 76.2 cm³/mol. The maximum atomic E-state index is 14.0. The molecule has 106 valence electrons. The van der Waals surface area contributed by atoms with Gasteiger partial charge in [-0.1, -0.05) is 20.8 Å². The highest BCUT2D eigenvalue weighted by Gasteiger charge is 2.37. The molecule has 0 saturated carbocycles. The first-order valence-electron chi connectivity index (χ1n) is 6.34. The van der Waals surface area contributed by atoms with Gasteiger partial charge < -0.3 is 4.43 Å². The molecule has 1 heterocycles. The molecule has 0 unspecified atom stereocenters. The lowest BCUT2D eigenvalue weighted by atomic mass is 10.1. The van der Waals surface area contributed by atoms with Gasteiger partial charge in [-0.05, 0) is 31.1 Å². The van der Waals surface area contributed by atoms with Crippen molar-refractivity contribution < 1.29 is 13.6 Å². The van der Waals surface area contributed by atoms with E-state index in [1.807, 2.05) is 0 Å². The van der Waals surface area contributed by atoms with Gasteiger partial charge in [0.1, 0.15) is 5.69 Å². The van der Waals surface area contributed by atoms with E-state index < -0.39 is 14.1 Å². The van der Waals surface area contributed by atoms with E-state index in [2.05, 4.69) is 38.8 Å². The van der Waals surface area contributed by atoms with Crippen molar-refractivity contribution in [2.75, 3.05) is 0 Å². The van der Waals surface area contributed by atoms with Crippen LogP contribution >= 0.6 is 0 Å². The quantitative estimate of drug-likeness (QED) is 0.620. The summed E-state index contributed by atoms with van der Waals surface area (Å²) in [7, 11) is -1.95. The molecular weight excluding hydrogens is 261 g/mol. The minimum Gasteiger partial charge on any atom is -0.411 e. The van der Waals surface area contributed by atoms with Gasteiger partial charge in [-0.2, -0.15) is 0 Å². The second-order valence-electron chi connectivity index (χ2n) is 6.22. The Kier molecular flexibility index (Phi) is 4.63. The van der Waals surface area contributed by atoms with Gasteiger partial charge in [-0.15, -0.1) is 0 Å². The predicted octanol–water partition coefficient (Wildman–Crippen LogP) is 3.95. The Morgan fingerprint density at radius 3 is 2.47 bits per heavy atom. The number of aromatic nitrogens is 1. The number of nitrogens with zero attached hydrogens (tertiary/aromatic N) is 1. The molecule has 3 nitrogen and oxygen atoms in total. The average Bonchev–Trinajstić information content (AvgIpc) is 2.25. The minimum absolute atomic E-state index is 0.0572. The SMILES string of the molecule is CC(=O)c1ccnc(CO[Si](C)(C)C(C)(C)C)c1F. The summed E-state index contributed by atoms with van der Waals surface area (Å²) in [6.07, 6.45) is 1.45. The molecule has 0 aliphatic rings. The van der Waals surface area contributed by atoms with Crippen molar-refractivity contribution in [2.24, 2.45) is 0 Å². The monoisotopic (exact) mass is 283 g/mol. The maximum Gasteiger partial charge on any atom is 0.192 e. The van der Waals surface area contributed by atoms with Crippen LogP contribution in [0.25, 0.3) is 0 Å². The minimum atomic E-state index is -1.95. The molecule has 0 atom stereocenters. The van der Waals surface area contributed by atoms with Crippen LogP contribution in [0.4, 0.5) is 4.39 Å². The molecule has 0 N–H and O–H groups in total. The second kappa shape index (κ2) is 5.51. The normalized spacial score (nSPS) is 12.6. The first-order valence-corrected chi connectivity index (χ1v) is 9.25. The summed E-state index contributed by atoms with van der Waals surface area (Å²) in [4.78, 5) is 15.3. The van der Waals surface area contributed by atoms with E-state index in [4.69, 9.17) is 4.43 Å². The average molecular weight is 283 g/mol. The number of ketones is 1. The largest absolute Gasteiger partial charge is 0.411 e. The molecule has 0 amide bonds. The van der Waals surface area contributed by atoms with Crippen molar-refractivity contribution in [1.29, 1.82) is 0 Å². The van der Waals surface area contributed by atoms with Crippen molar-refractivity contribution in [3.63, 3.8) is 0 Å². The number of Topliss-reactive ketones (excluding diaryl/α,β-unsaturated/α-hetero) is 1. The molecule has 1 aromatic rings. The molecule has 0 aliphatic carbocycles. The van der Waals surface area contributed by atoms with Crippen molar-refractivity contribution in [3.8, 4) is 0 Å². The van der Waals surface area contributed by atoms with Crippen LogP contribution in [-0.2, 0) is 11.0 Å². The second-order valence-corrected chi connectivity index (χ2v) is 11.0. The van der Waals surface area contributed by atoms with Gasteiger partial charge >= 0.3 is 0 Å². The number of carbonyl (C=O) groups excluding carboxylic acids is 1. The van der Waals surface area contributed by atoms with E-state index in [0.29, 0.717) is 0 Å². The highest BCUT2D eigenvalue weighted by molar-refractivity contribution is 6.74. The summed E-state index contributed by atoms with van der Waals surface area (Å²) >= 11 is 0. The maximum absolute atomic E-state index is 14.0. The van der Waals surface area contributed by atoms with E-state index in [1.165, 1.54) is 19.2 Å². The Morgan fingerprint density at radius 2 is 2.00 bits per heavy atom. The Morgan fingerprint density at radius 1 is 1.42 bits per heavy atom. The smallest absolute Gasteiger partial charge is 0.192 e. The van der Waals surface area contributed by atoms with Crippen LogP contribution in [0.5, 0.6) is 0 Å². The third kappa shape index (κ3) is 3.70. The summed E-state index contributed by atoms with van der Waals surface area (Å²) < 4.78 is 20.0. The van der Waals surface area contributed by atoms with Crippen LogP contribution in [0.1, 0.15) is 43.7 Å². The van der Waals surface area contributed by atoms with Gasteiger partial charge in [0.25, 0.3) is 0 Å². The fourth-order valence-electron chi connectivity index (χ4n) is 1.32. The van der Waals surface area contributed by atoms with Crippen LogP contribution in [0.2, 0.25) is 18.1 Å². The molecule has 0 radical (unpaired) electrons. The summed E-state index contributed by atoms with van der Waals surface area (Å²) in [5.74, 6) is -0.859. The number of carbonyl (C=O) groups is 1. The first-order chi connectivity index (χ1) is 8.56. The molecule has 0 spiro atoms. The lowest BCUT2D eigenvalue weighted by Crippen LogP contribution is -2.40. The van der Waals surface area contributed by atoms with Crippen LogP contribution in [0.15, 0.2) is 12.3 Å². The van der Waals surface area contributed by atoms with Crippen LogP contribution in [0, 0.1) is 5.82 Å². The van der Waals surface area contributed by atoms with E-state index in [0.717, 1.165) is 0 Å². The number of hydrogen-bond donors (Lipinski definition) is 0. The number of hydrogen-bond acceptors (Lipinski definition) is 3. The van der Waals surface area contributed by atoms with E-state index in [1.54, 1.807) is 0 Å². The van der Waals surface area contributed by atoms with Gasteiger partial charge in [0.05, 0.1) is 12.2 Å². The van der Waals surface area contributed by atoms with E-state index in [-0.39, 0.29) is 28.7 Å². The fourth-order valence-corrected chi connectivity index (χ4v) is 2.26. The van der Waals surface area contributed by atoms with Gasteiger partial charge in [0, 0.05) is 6.20 Å². The zero-order valence-electron chi connectivity index (χ0n) is 12.5. The molecular formula is C14H22FNO2Si. The van der Waals surface area contributed by atoms with Gasteiger partial charge in [0.2, 0.25) is 0 Å². The summed E-state index contributed by atoms with van der Waals surface area (Å²) in [6, 6.07) is 1.40. The van der Waals surface area contributed by atoms with Crippen LogP contribution in [0.3, 0.4) is 0 Å². The molecule has 0 fully saturated rings. The van der Waals surface area contributed by atoms with Crippen LogP contribution in [-0.4, -0.2) is 19.1 Å². The summed E-state index contributed by atoms with van der Waals surface area (Å²) in [5, 5.41) is 0.0572. The van der Waals surface area contributed by atoms with Crippen molar-refractivity contribution in [2.45, 2.75) is 52.4 Å². The molecule has 19 heavy (non-hydrogen) atoms. The Hall–Kier alpha value is -1.07. The molecule has 5 heteroatoms. The topological polar surface area (TPSA) is 39.2 Å². The standard InChI is InChI=1S/C14H22FNO2Si/c1-10(17)11-7-8-16-12(13(11)15)9-18-19(5,6)14(2,3)4/h7-8H,9H2,1-6H3. The number of halogens is 1. The highest BCUT2D eigenvalue weighted by Crippen LogP contribution is 2.37. The first kappa shape index (κ1) is 16.0. The van der Waals surface area contributed by atoms with Crippen molar-refractivity contribution in [3.05, 3.63) is 29.3 Å². The molecule has 0 aliphatic heterocycles. The van der Waals surface area contributed by atoms with E-state index >= 15 is 0 Å². The number of rotatable bonds is 4. The third-order valence-corrected chi connectivity index (χ3v) is 8.20. The third-order valence-electron chi connectivity index (χ3n) is 3.72. The van der Waals surface area contributed by atoms with Gasteiger partial charge in [-0.25, -0.2) is 4.39 Å². The van der Waals surface area contributed by atoms with Crippen LogP contribution < -0.4 is 0 Å². The van der Waals surface area contributed by atoms with Gasteiger partial charge in [-0.3, -0.25) is 9.78 Å². The highest BCUT2D eigenvalue weighted by atomic mass is 28.4.